The highest BCUT2D eigenvalue weighted by Crippen LogP contribution is 2.30. The van der Waals surface area contributed by atoms with Gasteiger partial charge in [0.05, 0.1) is 5.02 Å². The van der Waals surface area contributed by atoms with Gasteiger partial charge in [-0.05, 0) is 66.4 Å². The predicted molar refractivity (Wildman–Crippen MR) is 83.6 cm³/mol. The molecule has 0 saturated carbocycles. The van der Waals surface area contributed by atoms with Gasteiger partial charge in [-0.15, -0.1) is 0 Å². The van der Waals surface area contributed by atoms with E-state index < -0.39 is 0 Å². The van der Waals surface area contributed by atoms with E-state index in [4.69, 9.17) is 11.6 Å². The molecule has 2 unspecified atom stereocenters. The van der Waals surface area contributed by atoms with Crippen LogP contribution in [0.5, 0.6) is 0 Å². The minimum Gasteiger partial charge on any atom is -0.311 e. The number of halogens is 2. The van der Waals surface area contributed by atoms with Gasteiger partial charge in [-0.2, -0.15) is 0 Å². The fourth-order valence-electron chi connectivity index (χ4n) is 3.44. The molecule has 0 amide bonds. The molecule has 2 nitrogen and oxygen atoms in total. The quantitative estimate of drug-likeness (QED) is 0.897. The first kappa shape index (κ1) is 13.9. The lowest BCUT2D eigenvalue weighted by atomic mass is 9.98. The maximum absolute atomic E-state index is 6.16. The molecular weight excluding hydrogens is 324 g/mol. The second-order valence-corrected chi connectivity index (χ2v) is 7.19. The monoisotopic (exact) mass is 342 g/mol. The van der Waals surface area contributed by atoms with Crippen LogP contribution < -0.4 is 5.32 Å². The highest BCUT2D eigenvalue weighted by atomic mass is 79.9. The van der Waals surface area contributed by atoms with E-state index in [-0.39, 0.29) is 0 Å². The van der Waals surface area contributed by atoms with Gasteiger partial charge in [0, 0.05) is 29.1 Å². The molecule has 2 bridgehead atoms. The Kier molecular flexibility index (Phi) is 4.18. The van der Waals surface area contributed by atoms with Crippen LogP contribution in [-0.4, -0.2) is 30.1 Å². The first-order valence-corrected chi connectivity index (χ1v) is 8.19. The minimum absolute atomic E-state index is 0.709. The summed E-state index contributed by atoms with van der Waals surface area (Å²) in [5.74, 6) is 0. The molecule has 0 aromatic heterocycles. The highest BCUT2D eigenvalue weighted by molar-refractivity contribution is 9.10. The lowest BCUT2D eigenvalue weighted by molar-refractivity contribution is 0.166. The molecule has 2 saturated heterocycles. The van der Waals surface area contributed by atoms with Crippen LogP contribution in [0, 0.1) is 0 Å². The molecular formula is C15H20BrClN2. The normalized spacial score (nSPS) is 30.0. The molecule has 0 spiro atoms. The van der Waals surface area contributed by atoms with Crippen LogP contribution in [0.2, 0.25) is 5.02 Å². The molecule has 2 aliphatic heterocycles. The van der Waals surface area contributed by atoms with Crippen molar-refractivity contribution >= 4 is 27.5 Å². The standard InChI is InChI=1S/C15H20BrClN2/c1-19(9-10-2-5-14(16)15(17)6-10)13-7-11-3-4-12(8-13)18-11/h2,5-6,11-13,18H,3-4,7-9H2,1H3. The SMILES string of the molecule is CN(Cc1ccc(Br)c(Cl)c1)C1CC2CCC(C1)N2. The summed E-state index contributed by atoms with van der Waals surface area (Å²) in [5, 5.41) is 4.50. The third-order valence-corrected chi connectivity index (χ3v) is 5.72. The van der Waals surface area contributed by atoms with Gasteiger partial charge in [-0.25, -0.2) is 0 Å². The number of nitrogens with one attached hydrogen (secondary N) is 1. The minimum atomic E-state index is 0.709. The number of fused-ring (bicyclic) bond motifs is 2. The number of benzene rings is 1. The second-order valence-electron chi connectivity index (χ2n) is 5.93. The first-order valence-electron chi connectivity index (χ1n) is 7.02. The van der Waals surface area contributed by atoms with Crippen LogP contribution in [0.15, 0.2) is 22.7 Å². The Balaban J connectivity index is 1.64. The molecule has 3 rings (SSSR count). The Morgan fingerprint density at radius 2 is 2.00 bits per heavy atom. The third-order valence-electron chi connectivity index (χ3n) is 4.49. The highest BCUT2D eigenvalue weighted by Gasteiger charge is 2.34. The topological polar surface area (TPSA) is 15.3 Å². The molecule has 104 valence electrons. The van der Waals surface area contributed by atoms with Crippen molar-refractivity contribution < 1.29 is 0 Å². The average molecular weight is 344 g/mol. The molecule has 0 radical (unpaired) electrons. The largest absolute Gasteiger partial charge is 0.311 e. The van der Waals surface area contributed by atoms with Gasteiger partial charge in [0.1, 0.15) is 0 Å². The lowest BCUT2D eigenvalue weighted by Gasteiger charge is -2.35. The molecule has 2 heterocycles. The van der Waals surface area contributed by atoms with Crippen molar-refractivity contribution in [2.75, 3.05) is 7.05 Å². The van der Waals surface area contributed by atoms with Gasteiger partial charge in [0.2, 0.25) is 0 Å². The second kappa shape index (κ2) is 5.72. The summed E-state index contributed by atoms with van der Waals surface area (Å²) >= 11 is 9.61. The Morgan fingerprint density at radius 1 is 1.32 bits per heavy atom. The zero-order valence-corrected chi connectivity index (χ0v) is 13.5. The van der Waals surface area contributed by atoms with Gasteiger partial charge >= 0.3 is 0 Å². The van der Waals surface area contributed by atoms with E-state index in [9.17, 15) is 0 Å². The molecule has 2 fully saturated rings. The third kappa shape index (κ3) is 3.15. The van der Waals surface area contributed by atoms with Gasteiger partial charge in [0.25, 0.3) is 0 Å². The molecule has 0 aliphatic carbocycles. The maximum Gasteiger partial charge on any atom is 0.0551 e. The summed E-state index contributed by atoms with van der Waals surface area (Å²) in [6, 6.07) is 8.47. The predicted octanol–water partition coefficient (Wildman–Crippen LogP) is 3.82. The van der Waals surface area contributed by atoms with Crippen molar-refractivity contribution in [2.24, 2.45) is 0 Å². The Bertz CT molecular complexity index is 453. The van der Waals surface area contributed by atoms with E-state index >= 15 is 0 Å². The van der Waals surface area contributed by atoms with E-state index in [1.165, 1.54) is 31.2 Å². The lowest BCUT2D eigenvalue weighted by Crippen LogP contribution is -2.46. The first-order chi connectivity index (χ1) is 9.11. The van der Waals surface area contributed by atoms with Crippen molar-refractivity contribution in [3.05, 3.63) is 33.3 Å². The molecule has 1 aromatic rings. The zero-order chi connectivity index (χ0) is 13.4. The summed E-state index contributed by atoms with van der Waals surface area (Å²) in [7, 11) is 2.24. The van der Waals surface area contributed by atoms with Crippen LogP contribution >= 0.6 is 27.5 Å². The van der Waals surface area contributed by atoms with Gasteiger partial charge < -0.3 is 5.32 Å². The summed E-state index contributed by atoms with van der Waals surface area (Å²) < 4.78 is 0.973. The Labute approximate surface area is 128 Å². The van der Waals surface area contributed by atoms with Crippen LogP contribution in [0.3, 0.4) is 0 Å². The van der Waals surface area contributed by atoms with E-state index in [1.807, 2.05) is 6.07 Å². The summed E-state index contributed by atoms with van der Waals surface area (Å²) in [5.41, 5.74) is 1.29. The molecule has 1 N–H and O–H groups in total. The zero-order valence-electron chi connectivity index (χ0n) is 11.2. The number of nitrogens with zero attached hydrogens (tertiary/aromatic N) is 1. The average Bonchev–Trinajstić information content (AvgIpc) is 2.72. The fourth-order valence-corrected chi connectivity index (χ4v) is 3.89. The fraction of sp³-hybridized carbons (Fsp3) is 0.600. The van der Waals surface area contributed by atoms with E-state index in [1.54, 1.807) is 0 Å². The number of piperidine rings is 1. The maximum atomic E-state index is 6.16. The van der Waals surface area contributed by atoms with Gasteiger partial charge in [0.15, 0.2) is 0 Å². The molecule has 19 heavy (non-hydrogen) atoms. The van der Waals surface area contributed by atoms with E-state index in [2.05, 4.69) is 45.3 Å². The summed E-state index contributed by atoms with van der Waals surface area (Å²) in [6.45, 7) is 0.983. The van der Waals surface area contributed by atoms with Crippen molar-refractivity contribution in [2.45, 2.75) is 50.4 Å². The summed E-state index contributed by atoms with van der Waals surface area (Å²) in [6.07, 6.45) is 5.30. The number of hydrogen-bond acceptors (Lipinski definition) is 2. The Morgan fingerprint density at radius 3 is 2.63 bits per heavy atom. The number of hydrogen-bond donors (Lipinski definition) is 1. The number of rotatable bonds is 3. The van der Waals surface area contributed by atoms with Crippen LogP contribution in [-0.2, 0) is 6.54 Å². The Hall–Kier alpha value is -0.0900. The van der Waals surface area contributed by atoms with Gasteiger partial charge in [-0.1, -0.05) is 17.7 Å². The van der Waals surface area contributed by atoms with Crippen molar-refractivity contribution in [3.8, 4) is 0 Å². The van der Waals surface area contributed by atoms with Crippen molar-refractivity contribution in [1.29, 1.82) is 0 Å². The molecule has 4 heteroatoms. The molecule has 2 atom stereocenters. The van der Waals surface area contributed by atoms with Crippen LogP contribution in [0.4, 0.5) is 0 Å². The summed E-state index contributed by atoms with van der Waals surface area (Å²) in [4.78, 5) is 2.49. The smallest absolute Gasteiger partial charge is 0.0551 e. The van der Waals surface area contributed by atoms with Crippen molar-refractivity contribution in [1.82, 2.24) is 10.2 Å². The molecule has 2 aliphatic rings. The van der Waals surface area contributed by atoms with E-state index in [0.29, 0.717) is 6.04 Å². The van der Waals surface area contributed by atoms with Crippen molar-refractivity contribution in [3.63, 3.8) is 0 Å². The molecule has 1 aromatic carbocycles. The van der Waals surface area contributed by atoms with Crippen LogP contribution in [0.1, 0.15) is 31.2 Å². The van der Waals surface area contributed by atoms with Gasteiger partial charge in [-0.3, -0.25) is 4.90 Å². The van der Waals surface area contributed by atoms with Crippen LogP contribution in [0.25, 0.3) is 0 Å². The van der Waals surface area contributed by atoms with E-state index in [0.717, 1.165) is 28.1 Å².